The molecule has 0 unspecified atom stereocenters. The molecule has 0 N–H and O–H groups in total. The molecular weight excluding hydrogens is 308 g/mol. The van der Waals surface area contributed by atoms with E-state index in [1.165, 1.54) is 19.3 Å². The molecule has 2 aromatic heterocycles. The molecule has 5 nitrogen and oxygen atoms in total. The lowest BCUT2D eigenvalue weighted by molar-refractivity contribution is 0.0588. The number of amides is 1. The summed E-state index contributed by atoms with van der Waals surface area (Å²) in [5.74, 6) is 0.772. The molecule has 6 heteroatoms. The van der Waals surface area contributed by atoms with Crippen LogP contribution < -0.4 is 0 Å². The van der Waals surface area contributed by atoms with E-state index in [1.807, 2.05) is 22.7 Å². The van der Waals surface area contributed by atoms with Gasteiger partial charge in [-0.2, -0.15) is 5.10 Å². The van der Waals surface area contributed by atoms with Crippen LogP contribution in [-0.4, -0.2) is 38.2 Å². The van der Waals surface area contributed by atoms with E-state index in [-0.39, 0.29) is 11.9 Å². The maximum Gasteiger partial charge on any atom is 0.265 e. The fourth-order valence-corrected chi connectivity index (χ4v) is 4.33. The van der Waals surface area contributed by atoms with Gasteiger partial charge < -0.3 is 4.90 Å². The normalized spacial score (nSPS) is 21.6. The fourth-order valence-electron chi connectivity index (χ4n) is 3.29. The Morgan fingerprint density at radius 1 is 1.30 bits per heavy atom. The van der Waals surface area contributed by atoms with Crippen molar-refractivity contribution in [3.05, 3.63) is 34.0 Å². The van der Waals surface area contributed by atoms with E-state index in [9.17, 15) is 4.79 Å². The molecule has 1 amide bonds. The molecule has 0 radical (unpaired) electrons. The summed E-state index contributed by atoms with van der Waals surface area (Å²) >= 11 is 1.59. The topological polar surface area (TPSA) is 51.0 Å². The average Bonchev–Trinajstić information content (AvgIpc) is 3.15. The van der Waals surface area contributed by atoms with Gasteiger partial charge in [-0.3, -0.25) is 9.48 Å². The highest BCUT2D eigenvalue weighted by Gasteiger charge is 2.31. The molecule has 1 saturated carbocycles. The summed E-state index contributed by atoms with van der Waals surface area (Å²) in [4.78, 5) is 20.2. The predicted molar refractivity (Wildman–Crippen MR) is 89.7 cm³/mol. The first-order valence-corrected chi connectivity index (χ1v) is 9.28. The second kappa shape index (κ2) is 6.07. The van der Waals surface area contributed by atoms with Gasteiger partial charge in [0.25, 0.3) is 5.91 Å². The lowest BCUT2D eigenvalue weighted by atomic mass is 10.0. The molecule has 1 atom stereocenters. The van der Waals surface area contributed by atoms with E-state index >= 15 is 0 Å². The largest absolute Gasteiger partial charge is 0.333 e. The lowest BCUT2D eigenvalue weighted by Crippen LogP contribution is -2.45. The van der Waals surface area contributed by atoms with Crippen molar-refractivity contribution in [1.82, 2.24) is 19.7 Å². The number of likely N-dealkylation sites (tertiary alicyclic amines) is 1. The van der Waals surface area contributed by atoms with Crippen LogP contribution in [0.25, 0.3) is 0 Å². The summed E-state index contributed by atoms with van der Waals surface area (Å²) in [6, 6.07) is 0.238. The van der Waals surface area contributed by atoms with Crippen LogP contribution in [0.15, 0.2) is 18.6 Å². The first-order valence-electron chi connectivity index (χ1n) is 8.46. The number of aromatic nitrogens is 3. The average molecular weight is 330 g/mol. The minimum atomic E-state index is 0.156. The van der Waals surface area contributed by atoms with Crippen molar-refractivity contribution in [2.24, 2.45) is 0 Å². The quantitative estimate of drug-likeness (QED) is 0.865. The summed E-state index contributed by atoms with van der Waals surface area (Å²) in [7, 11) is 0. The Kier molecular flexibility index (Phi) is 3.93. The standard InChI is InChI=1S/C17H22N4OS/c1-12-8-19-20(10-12)11-14-4-2-3-7-21(14)17(22)15-9-18-16(23-15)13-5-6-13/h8-10,13-14H,2-7,11H2,1H3/t14-/m1/s1. The Morgan fingerprint density at radius 2 is 2.17 bits per heavy atom. The number of carbonyl (C=O) groups is 1. The minimum absolute atomic E-state index is 0.156. The highest BCUT2D eigenvalue weighted by molar-refractivity contribution is 7.13. The molecule has 2 fully saturated rings. The van der Waals surface area contributed by atoms with E-state index in [2.05, 4.69) is 16.3 Å². The van der Waals surface area contributed by atoms with E-state index in [0.29, 0.717) is 5.92 Å². The highest BCUT2D eigenvalue weighted by Crippen LogP contribution is 2.42. The Balaban J connectivity index is 1.50. The van der Waals surface area contributed by atoms with Crippen molar-refractivity contribution in [3.63, 3.8) is 0 Å². The van der Waals surface area contributed by atoms with Crippen LogP contribution in [0.4, 0.5) is 0 Å². The molecular formula is C17H22N4OS. The first kappa shape index (κ1) is 14.9. The maximum atomic E-state index is 12.9. The number of nitrogens with zero attached hydrogens (tertiary/aromatic N) is 4. The van der Waals surface area contributed by atoms with Crippen molar-refractivity contribution < 1.29 is 4.79 Å². The second-order valence-corrected chi connectivity index (χ2v) is 7.79. The molecule has 2 aromatic rings. The number of aryl methyl sites for hydroxylation is 1. The zero-order valence-corrected chi connectivity index (χ0v) is 14.3. The van der Waals surface area contributed by atoms with Crippen molar-refractivity contribution in [2.45, 2.75) is 57.5 Å². The van der Waals surface area contributed by atoms with E-state index in [4.69, 9.17) is 0 Å². The number of piperidine rings is 1. The van der Waals surface area contributed by atoms with Crippen molar-refractivity contribution >= 4 is 17.2 Å². The van der Waals surface area contributed by atoms with Gasteiger partial charge in [0.1, 0.15) is 4.88 Å². The summed E-state index contributed by atoms with van der Waals surface area (Å²) in [6.45, 7) is 3.68. The maximum absolute atomic E-state index is 12.9. The Hall–Kier alpha value is -1.69. The molecule has 1 aliphatic heterocycles. The van der Waals surface area contributed by atoms with E-state index in [1.54, 1.807) is 17.5 Å². The van der Waals surface area contributed by atoms with Gasteiger partial charge in [0.2, 0.25) is 0 Å². The molecule has 1 saturated heterocycles. The van der Waals surface area contributed by atoms with Crippen LogP contribution in [0.1, 0.15) is 58.3 Å². The van der Waals surface area contributed by atoms with Gasteiger partial charge in [-0.25, -0.2) is 4.98 Å². The number of hydrogen-bond acceptors (Lipinski definition) is 4. The zero-order chi connectivity index (χ0) is 15.8. The third kappa shape index (κ3) is 3.17. The third-order valence-electron chi connectivity index (χ3n) is 4.71. The van der Waals surface area contributed by atoms with Gasteiger partial charge in [0.05, 0.1) is 30.0 Å². The Labute approximate surface area is 140 Å². The van der Waals surface area contributed by atoms with Crippen LogP contribution in [-0.2, 0) is 6.54 Å². The van der Waals surface area contributed by atoms with Gasteiger partial charge in [0, 0.05) is 18.7 Å². The molecule has 23 heavy (non-hydrogen) atoms. The number of hydrogen-bond donors (Lipinski definition) is 0. The second-order valence-electron chi connectivity index (χ2n) is 6.72. The molecule has 0 bridgehead atoms. The van der Waals surface area contributed by atoms with Crippen LogP contribution in [0, 0.1) is 6.92 Å². The monoisotopic (exact) mass is 330 g/mol. The zero-order valence-electron chi connectivity index (χ0n) is 13.4. The smallest absolute Gasteiger partial charge is 0.265 e. The minimum Gasteiger partial charge on any atom is -0.333 e. The van der Waals surface area contributed by atoms with Crippen molar-refractivity contribution in [2.75, 3.05) is 6.54 Å². The Morgan fingerprint density at radius 3 is 2.91 bits per heavy atom. The van der Waals surface area contributed by atoms with Gasteiger partial charge in [-0.05, 0) is 44.6 Å². The lowest BCUT2D eigenvalue weighted by Gasteiger charge is -2.35. The van der Waals surface area contributed by atoms with Gasteiger partial charge >= 0.3 is 0 Å². The number of thiazole rings is 1. The number of carbonyl (C=O) groups excluding carboxylic acids is 1. The van der Waals surface area contributed by atoms with E-state index in [0.717, 1.165) is 41.4 Å². The number of rotatable bonds is 4. The van der Waals surface area contributed by atoms with Crippen LogP contribution in [0.2, 0.25) is 0 Å². The van der Waals surface area contributed by atoms with Gasteiger partial charge in [0.15, 0.2) is 0 Å². The summed E-state index contributed by atoms with van der Waals surface area (Å²) in [6.07, 6.45) is 11.5. The van der Waals surface area contributed by atoms with Gasteiger partial charge in [-0.15, -0.1) is 11.3 Å². The summed E-state index contributed by atoms with van der Waals surface area (Å²) in [5, 5.41) is 5.52. The van der Waals surface area contributed by atoms with Crippen LogP contribution in [0.3, 0.4) is 0 Å². The van der Waals surface area contributed by atoms with Crippen LogP contribution in [0.5, 0.6) is 0 Å². The molecule has 3 heterocycles. The van der Waals surface area contributed by atoms with Crippen LogP contribution >= 0.6 is 11.3 Å². The summed E-state index contributed by atoms with van der Waals surface area (Å²) in [5.41, 5.74) is 1.16. The fraction of sp³-hybridized carbons (Fsp3) is 0.588. The van der Waals surface area contributed by atoms with Gasteiger partial charge in [-0.1, -0.05) is 0 Å². The molecule has 2 aliphatic rings. The summed E-state index contributed by atoms with van der Waals surface area (Å²) < 4.78 is 1.97. The van der Waals surface area contributed by atoms with E-state index < -0.39 is 0 Å². The molecule has 0 spiro atoms. The molecule has 122 valence electrons. The molecule has 4 rings (SSSR count). The highest BCUT2D eigenvalue weighted by atomic mass is 32.1. The van der Waals surface area contributed by atoms with Crippen molar-refractivity contribution in [1.29, 1.82) is 0 Å². The molecule has 1 aliphatic carbocycles. The van der Waals surface area contributed by atoms with Crippen molar-refractivity contribution in [3.8, 4) is 0 Å². The Bertz CT molecular complexity index is 703. The first-order chi connectivity index (χ1) is 11.2. The molecule has 0 aromatic carbocycles. The third-order valence-corrected chi connectivity index (χ3v) is 5.86. The SMILES string of the molecule is Cc1cnn(C[C@H]2CCCCN2C(=O)c2cnc(C3CC3)s2)c1. The predicted octanol–water partition coefficient (Wildman–Crippen LogP) is 3.22.